The number of nitrogens with one attached hydrogen (secondary N) is 2. The molecule has 7 nitrogen and oxygen atoms in total. The van der Waals surface area contributed by atoms with E-state index >= 15 is 0 Å². The molecule has 0 radical (unpaired) electrons. The Labute approximate surface area is 148 Å². The molecule has 0 unspecified atom stereocenters. The van der Waals surface area contributed by atoms with Crippen molar-refractivity contribution < 1.29 is 4.79 Å². The molecule has 1 aromatic heterocycles. The van der Waals surface area contributed by atoms with Crippen molar-refractivity contribution in [2.24, 2.45) is 0 Å². The predicted octanol–water partition coefficient (Wildman–Crippen LogP) is 2.57. The van der Waals surface area contributed by atoms with Gasteiger partial charge in [-0.25, -0.2) is 4.79 Å². The summed E-state index contributed by atoms with van der Waals surface area (Å²) in [7, 11) is 0. The minimum Gasteiger partial charge on any atom is -0.371 e. The van der Waals surface area contributed by atoms with Crippen molar-refractivity contribution in [3.8, 4) is 0 Å². The van der Waals surface area contributed by atoms with Gasteiger partial charge in [-0.15, -0.1) is 10.2 Å². The van der Waals surface area contributed by atoms with Crippen molar-refractivity contribution in [3.05, 3.63) is 35.9 Å². The SMILES string of the molecule is CCc1nncn1CCNC(=O)Nc1ccc(N2CCCC2)c(C)c1. The monoisotopic (exact) mass is 342 g/mol. The first-order chi connectivity index (χ1) is 12.2. The van der Waals surface area contributed by atoms with Crippen molar-refractivity contribution in [2.45, 2.75) is 39.7 Å². The second-order valence-electron chi connectivity index (χ2n) is 6.37. The minimum absolute atomic E-state index is 0.195. The Hall–Kier alpha value is -2.57. The van der Waals surface area contributed by atoms with Crippen LogP contribution in [-0.4, -0.2) is 40.4 Å². The second kappa shape index (κ2) is 8.00. The van der Waals surface area contributed by atoms with E-state index < -0.39 is 0 Å². The number of urea groups is 1. The van der Waals surface area contributed by atoms with E-state index in [1.807, 2.05) is 23.6 Å². The molecule has 2 amide bonds. The molecular weight excluding hydrogens is 316 g/mol. The highest BCUT2D eigenvalue weighted by atomic mass is 16.2. The molecule has 7 heteroatoms. The molecule has 0 aliphatic carbocycles. The summed E-state index contributed by atoms with van der Waals surface area (Å²) >= 11 is 0. The van der Waals surface area contributed by atoms with Gasteiger partial charge in [-0.1, -0.05) is 6.92 Å². The van der Waals surface area contributed by atoms with Crippen LogP contribution in [0.15, 0.2) is 24.5 Å². The normalized spacial score (nSPS) is 13.9. The van der Waals surface area contributed by atoms with E-state index in [0.29, 0.717) is 13.1 Å². The topological polar surface area (TPSA) is 75.1 Å². The summed E-state index contributed by atoms with van der Waals surface area (Å²) in [5.41, 5.74) is 3.27. The summed E-state index contributed by atoms with van der Waals surface area (Å²) < 4.78 is 1.95. The van der Waals surface area contributed by atoms with Crippen LogP contribution in [-0.2, 0) is 13.0 Å². The van der Waals surface area contributed by atoms with E-state index in [1.54, 1.807) is 6.33 Å². The number of hydrogen-bond donors (Lipinski definition) is 2. The quantitative estimate of drug-likeness (QED) is 0.846. The van der Waals surface area contributed by atoms with Gasteiger partial charge in [-0.05, 0) is 43.5 Å². The van der Waals surface area contributed by atoms with E-state index in [-0.39, 0.29) is 6.03 Å². The Balaban J connectivity index is 1.50. The molecule has 1 aromatic carbocycles. The molecule has 1 aliphatic rings. The van der Waals surface area contributed by atoms with Gasteiger partial charge in [0.15, 0.2) is 0 Å². The summed E-state index contributed by atoms with van der Waals surface area (Å²) in [6.45, 7) is 7.57. The number of benzene rings is 1. The van der Waals surface area contributed by atoms with Gasteiger partial charge in [-0.2, -0.15) is 0 Å². The summed E-state index contributed by atoms with van der Waals surface area (Å²) in [4.78, 5) is 14.5. The summed E-state index contributed by atoms with van der Waals surface area (Å²) in [6.07, 6.45) is 5.04. The third-order valence-corrected chi connectivity index (χ3v) is 4.55. The van der Waals surface area contributed by atoms with Crippen LogP contribution in [0.2, 0.25) is 0 Å². The first kappa shape index (κ1) is 17.3. The maximum atomic E-state index is 12.1. The number of aryl methyl sites for hydroxylation is 2. The van der Waals surface area contributed by atoms with Gasteiger partial charge in [0.25, 0.3) is 0 Å². The Morgan fingerprint density at radius 1 is 1.28 bits per heavy atom. The molecular formula is C18H26N6O. The second-order valence-corrected chi connectivity index (χ2v) is 6.37. The van der Waals surface area contributed by atoms with E-state index in [2.05, 4.69) is 38.7 Å². The lowest BCUT2D eigenvalue weighted by Crippen LogP contribution is -2.31. The summed E-state index contributed by atoms with van der Waals surface area (Å²) in [5, 5.41) is 13.7. The zero-order valence-corrected chi connectivity index (χ0v) is 15.0. The van der Waals surface area contributed by atoms with E-state index in [1.165, 1.54) is 24.1 Å². The van der Waals surface area contributed by atoms with Crippen LogP contribution in [0.3, 0.4) is 0 Å². The van der Waals surface area contributed by atoms with Gasteiger partial charge in [0.05, 0.1) is 0 Å². The van der Waals surface area contributed by atoms with E-state index in [9.17, 15) is 4.79 Å². The molecule has 134 valence electrons. The van der Waals surface area contributed by atoms with Crippen molar-refractivity contribution in [2.75, 3.05) is 29.9 Å². The third-order valence-electron chi connectivity index (χ3n) is 4.55. The number of aromatic nitrogens is 3. The zero-order chi connectivity index (χ0) is 17.6. The Morgan fingerprint density at radius 3 is 2.80 bits per heavy atom. The largest absolute Gasteiger partial charge is 0.371 e. The number of nitrogens with zero attached hydrogens (tertiary/aromatic N) is 4. The smallest absolute Gasteiger partial charge is 0.319 e. The van der Waals surface area contributed by atoms with Crippen LogP contribution in [0.1, 0.15) is 31.2 Å². The van der Waals surface area contributed by atoms with Crippen LogP contribution in [0.5, 0.6) is 0 Å². The number of carbonyl (C=O) groups excluding carboxylic acids is 1. The number of hydrogen-bond acceptors (Lipinski definition) is 4. The summed E-state index contributed by atoms with van der Waals surface area (Å²) in [5.74, 6) is 0.926. The fourth-order valence-corrected chi connectivity index (χ4v) is 3.25. The Kier molecular flexibility index (Phi) is 5.53. The molecule has 25 heavy (non-hydrogen) atoms. The van der Waals surface area contributed by atoms with Gasteiger partial charge in [0.2, 0.25) is 0 Å². The molecule has 0 saturated carbocycles. The number of carbonyl (C=O) groups is 1. The fourth-order valence-electron chi connectivity index (χ4n) is 3.25. The number of anilines is 2. The van der Waals surface area contributed by atoms with E-state index in [0.717, 1.165) is 31.0 Å². The number of amides is 2. The first-order valence-electron chi connectivity index (χ1n) is 8.94. The van der Waals surface area contributed by atoms with E-state index in [4.69, 9.17) is 0 Å². The van der Waals surface area contributed by atoms with Gasteiger partial charge < -0.3 is 20.1 Å². The zero-order valence-electron chi connectivity index (χ0n) is 15.0. The van der Waals surface area contributed by atoms with Crippen molar-refractivity contribution in [3.63, 3.8) is 0 Å². The van der Waals surface area contributed by atoms with Crippen LogP contribution >= 0.6 is 0 Å². The molecule has 2 heterocycles. The van der Waals surface area contributed by atoms with Gasteiger partial charge in [-0.3, -0.25) is 0 Å². The standard InChI is InChI=1S/C18H26N6O/c1-3-17-22-20-13-24(17)11-8-19-18(25)21-15-6-7-16(14(2)12-15)23-9-4-5-10-23/h6-7,12-13H,3-5,8-11H2,1-2H3,(H2,19,21,25). The molecule has 0 atom stereocenters. The molecule has 0 spiro atoms. The van der Waals surface area contributed by atoms with Gasteiger partial charge in [0.1, 0.15) is 12.2 Å². The fraction of sp³-hybridized carbons (Fsp3) is 0.500. The molecule has 1 fully saturated rings. The lowest BCUT2D eigenvalue weighted by molar-refractivity contribution is 0.251. The third kappa shape index (κ3) is 4.29. The average Bonchev–Trinajstić information content (AvgIpc) is 3.26. The maximum Gasteiger partial charge on any atom is 0.319 e. The van der Waals surface area contributed by atoms with Crippen molar-refractivity contribution >= 4 is 17.4 Å². The van der Waals surface area contributed by atoms with Gasteiger partial charge >= 0.3 is 6.03 Å². The maximum absolute atomic E-state index is 12.1. The molecule has 1 saturated heterocycles. The highest BCUT2D eigenvalue weighted by Gasteiger charge is 2.14. The Morgan fingerprint density at radius 2 is 2.08 bits per heavy atom. The average molecular weight is 342 g/mol. The number of rotatable bonds is 6. The first-order valence-corrected chi connectivity index (χ1v) is 8.94. The molecule has 3 rings (SSSR count). The van der Waals surface area contributed by atoms with Crippen LogP contribution in [0.4, 0.5) is 16.2 Å². The molecule has 1 aliphatic heterocycles. The van der Waals surface area contributed by atoms with Gasteiger partial charge in [0, 0.05) is 44.0 Å². The minimum atomic E-state index is -0.195. The predicted molar refractivity (Wildman–Crippen MR) is 99.0 cm³/mol. The highest BCUT2D eigenvalue weighted by molar-refractivity contribution is 5.89. The highest BCUT2D eigenvalue weighted by Crippen LogP contribution is 2.26. The lowest BCUT2D eigenvalue weighted by Gasteiger charge is -2.20. The summed E-state index contributed by atoms with van der Waals surface area (Å²) in [6, 6.07) is 5.90. The molecule has 2 aromatic rings. The van der Waals surface area contributed by atoms with Crippen LogP contribution < -0.4 is 15.5 Å². The van der Waals surface area contributed by atoms with Crippen LogP contribution in [0.25, 0.3) is 0 Å². The van der Waals surface area contributed by atoms with Crippen molar-refractivity contribution in [1.82, 2.24) is 20.1 Å². The Bertz CT molecular complexity index is 720. The molecule has 2 N–H and O–H groups in total. The molecule has 0 bridgehead atoms. The van der Waals surface area contributed by atoms with Crippen molar-refractivity contribution in [1.29, 1.82) is 0 Å². The van der Waals surface area contributed by atoms with Crippen LogP contribution in [0, 0.1) is 6.92 Å². The lowest BCUT2D eigenvalue weighted by atomic mass is 10.1.